The zero-order valence-corrected chi connectivity index (χ0v) is 10.1. The number of carbonyl (C=O) groups excluding carboxylic acids is 1. The van der Waals surface area contributed by atoms with Gasteiger partial charge in [0.1, 0.15) is 0 Å². The number of Topliss-reactive ketones (excluding diaryl/α,β-unsaturated/α-hetero) is 1. The van der Waals surface area contributed by atoms with Gasteiger partial charge >= 0.3 is 6.18 Å². The Bertz CT molecular complexity index is 439. The average molecular weight is 260 g/mol. The highest BCUT2D eigenvalue weighted by molar-refractivity contribution is 5.99. The van der Waals surface area contributed by atoms with E-state index >= 15 is 0 Å². The van der Waals surface area contributed by atoms with Crippen LogP contribution in [0.5, 0.6) is 0 Å². The molecule has 1 aromatic heterocycles. The molecule has 6 heteroatoms. The first-order chi connectivity index (χ1) is 8.38. The fourth-order valence-electron chi connectivity index (χ4n) is 2.46. The third kappa shape index (κ3) is 2.73. The Morgan fingerprint density at radius 3 is 2.78 bits per heavy atom. The lowest BCUT2D eigenvalue weighted by Crippen LogP contribution is -2.22. The van der Waals surface area contributed by atoms with E-state index in [0.29, 0.717) is 5.92 Å². The molecule has 2 unspecified atom stereocenters. The maximum absolute atomic E-state index is 12.3. The van der Waals surface area contributed by atoms with E-state index in [0.717, 1.165) is 31.9 Å². The molecule has 0 bridgehead atoms. The van der Waals surface area contributed by atoms with Crippen molar-refractivity contribution in [2.45, 2.75) is 44.8 Å². The van der Waals surface area contributed by atoms with E-state index in [1.165, 1.54) is 10.9 Å². The minimum Gasteiger partial charge on any atom is -0.284 e. The maximum Gasteiger partial charge on any atom is 0.454 e. The summed E-state index contributed by atoms with van der Waals surface area (Å²) < 4.78 is 38.3. The van der Waals surface area contributed by atoms with Gasteiger partial charge in [-0.25, -0.2) is 0 Å². The summed E-state index contributed by atoms with van der Waals surface area (Å²) in [5.41, 5.74) is -0.374. The first-order valence-corrected chi connectivity index (χ1v) is 6.03. The van der Waals surface area contributed by atoms with E-state index in [-0.39, 0.29) is 11.6 Å². The van der Waals surface area contributed by atoms with E-state index in [1.54, 1.807) is 0 Å². The molecule has 1 fully saturated rings. The van der Waals surface area contributed by atoms with Crippen LogP contribution in [0.3, 0.4) is 0 Å². The highest BCUT2D eigenvalue weighted by atomic mass is 19.4. The molecule has 2 atom stereocenters. The molecule has 0 spiro atoms. The number of aromatic nitrogens is 2. The predicted octanol–water partition coefficient (Wildman–Crippen LogP) is 3.38. The molecule has 0 aromatic carbocycles. The van der Waals surface area contributed by atoms with Crippen molar-refractivity contribution in [2.75, 3.05) is 0 Å². The molecule has 100 valence electrons. The van der Waals surface area contributed by atoms with Crippen LogP contribution in [-0.2, 0) is 0 Å². The fraction of sp³-hybridized carbons (Fsp3) is 0.667. The van der Waals surface area contributed by atoms with Crippen molar-refractivity contribution in [2.24, 2.45) is 5.92 Å². The second-order valence-electron chi connectivity index (χ2n) is 4.96. The molecule has 18 heavy (non-hydrogen) atoms. The highest BCUT2D eigenvalue weighted by Crippen LogP contribution is 2.32. The molecule has 2 rings (SSSR count). The van der Waals surface area contributed by atoms with Crippen LogP contribution < -0.4 is 0 Å². The Labute approximate surface area is 103 Å². The molecule has 1 heterocycles. The largest absolute Gasteiger partial charge is 0.454 e. The van der Waals surface area contributed by atoms with Crippen molar-refractivity contribution in [1.82, 2.24) is 9.78 Å². The number of alkyl halides is 3. The first-order valence-electron chi connectivity index (χ1n) is 6.03. The number of rotatable bonds is 2. The van der Waals surface area contributed by atoms with E-state index in [2.05, 4.69) is 12.0 Å². The summed E-state index contributed by atoms with van der Waals surface area (Å²) in [6.07, 6.45) is 1.41. The number of hydrogen-bond donors (Lipinski definition) is 0. The Balaban J connectivity index is 2.13. The Morgan fingerprint density at radius 2 is 2.17 bits per heavy atom. The molecule has 1 aliphatic carbocycles. The summed E-state index contributed by atoms with van der Waals surface area (Å²) in [7, 11) is 0. The lowest BCUT2D eigenvalue weighted by Gasteiger charge is -2.26. The van der Waals surface area contributed by atoms with Gasteiger partial charge in [-0.3, -0.25) is 9.48 Å². The Hall–Kier alpha value is -1.33. The lowest BCUT2D eigenvalue weighted by atomic mass is 9.87. The van der Waals surface area contributed by atoms with Gasteiger partial charge in [-0.15, -0.1) is 0 Å². The summed E-state index contributed by atoms with van der Waals surface area (Å²) >= 11 is 0. The normalized spacial score (nSPS) is 25.1. The van der Waals surface area contributed by atoms with Crippen LogP contribution in [0.25, 0.3) is 0 Å². The summed E-state index contributed by atoms with van der Waals surface area (Å²) in [4.78, 5) is 11.0. The van der Waals surface area contributed by atoms with E-state index in [4.69, 9.17) is 0 Å². The third-order valence-corrected chi connectivity index (χ3v) is 3.40. The summed E-state index contributed by atoms with van der Waals surface area (Å²) in [6, 6.07) is 0.114. The van der Waals surface area contributed by atoms with E-state index in [9.17, 15) is 18.0 Å². The Morgan fingerprint density at radius 1 is 1.44 bits per heavy atom. The van der Waals surface area contributed by atoms with Crippen LogP contribution >= 0.6 is 0 Å². The zero-order chi connectivity index (χ0) is 13.3. The first kappa shape index (κ1) is 13.1. The maximum atomic E-state index is 12.3. The minimum absolute atomic E-state index is 0.114. The smallest absolute Gasteiger partial charge is 0.284 e. The summed E-state index contributed by atoms with van der Waals surface area (Å²) in [5, 5.41) is 3.90. The number of hydrogen-bond acceptors (Lipinski definition) is 2. The van der Waals surface area contributed by atoms with Gasteiger partial charge in [0.05, 0.1) is 17.8 Å². The predicted molar refractivity (Wildman–Crippen MR) is 59.3 cm³/mol. The second kappa shape index (κ2) is 4.74. The van der Waals surface area contributed by atoms with Crippen LogP contribution in [0.15, 0.2) is 12.4 Å². The molecule has 3 nitrogen and oxygen atoms in total. The molecule has 0 amide bonds. The zero-order valence-electron chi connectivity index (χ0n) is 10.1. The SMILES string of the molecule is CC1CCCC(n2cc(C(=O)C(F)(F)F)cn2)C1. The average Bonchev–Trinajstić information content (AvgIpc) is 2.75. The summed E-state index contributed by atoms with van der Waals surface area (Å²) in [5.74, 6) is -1.27. The number of carbonyl (C=O) groups is 1. The van der Waals surface area contributed by atoms with E-state index in [1.807, 2.05) is 0 Å². The van der Waals surface area contributed by atoms with Gasteiger partial charge in [0.25, 0.3) is 5.78 Å². The monoisotopic (exact) mass is 260 g/mol. The van der Waals surface area contributed by atoms with Crippen molar-refractivity contribution in [3.63, 3.8) is 0 Å². The van der Waals surface area contributed by atoms with Gasteiger partial charge in [-0.05, 0) is 18.8 Å². The molecule has 1 aliphatic rings. The van der Waals surface area contributed by atoms with Crippen molar-refractivity contribution in [1.29, 1.82) is 0 Å². The highest BCUT2D eigenvalue weighted by Gasteiger charge is 2.40. The van der Waals surface area contributed by atoms with Crippen LogP contribution in [0.2, 0.25) is 0 Å². The second-order valence-corrected chi connectivity index (χ2v) is 4.96. The topological polar surface area (TPSA) is 34.9 Å². The van der Waals surface area contributed by atoms with Crippen LogP contribution in [-0.4, -0.2) is 21.7 Å². The van der Waals surface area contributed by atoms with Crippen molar-refractivity contribution >= 4 is 5.78 Å². The van der Waals surface area contributed by atoms with Crippen molar-refractivity contribution in [3.8, 4) is 0 Å². The van der Waals surface area contributed by atoms with Crippen molar-refractivity contribution < 1.29 is 18.0 Å². The number of ketones is 1. The van der Waals surface area contributed by atoms with E-state index < -0.39 is 12.0 Å². The fourth-order valence-corrected chi connectivity index (χ4v) is 2.46. The number of nitrogens with zero attached hydrogens (tertiary/aromatic N) is 2. The molecular weight excluding hydrogens is 245 g/mol. The van der Waals surface area contributed by atoms with Crippen molar-refractivity contribution in [3.05, 3.63) is 18.0 Å². The molecule has 0 N–H and O–H groups in total. The quantitative estimate of drug-likeness (QED) is 0.764. The van der Waals surface area contributed by atoms with Gasteiger partial charge in [-0.2, -0.15) is 18.3 Å². The van der Waals surface area contributed by atoms with Gasteiger partial charge in [-0.1, -0.05) is 19.8 Å². The summed E-state index contributed by atoms with van der Waals surface area (Å²) in [6.45, 7) is 2.12. The molecule has 1 saturated carbocycles. The molecule has 1 aromatic rings. The molecular formula is C12H15F3N2O. The third-order valence-electron chi connectivity index (χ3n) is 3.40. The molecule has 0 aliphatic heterocycles. The Kier molecular flexibility index (Phi) is 3.45. The van der Waals surface area contributed by atoms with Crippen LogP contribution in [0, 0.1) is 5.92 Å². The van der Waals surface area contributed by atoms with Gasteiger partial charge < -0.3 is 0 Å². The molecule has 0 radical (unpaired) electrons. The lowest BCUT2D eigenvalue weighted by molar-refractivity contribution is -0.0885. The van der Waals surface area contributed by atoms with Gasteiger partial charge in [0.15, 0.2) is 0 Å². The van der Waals surface area contributed by atoms with Gasteiger partial charge in [0, 0.05) is 6.20 Å². The minimum atomic E-state index is -4.83. The van der Waals surface area contributed by atoms with Crippen LogP contribution in [0.4, 0.5) is 13.2 Å². The van der Waals surface area contributed by atoms with Crippen LogP contribution in [0.1, 0.15) is 49.0 Å². The molecule has 0 saturated heterocycles. The van der Waals surface area contributed by atoms with Gasteiger partial charge in [0.2, 0.25) is 0 Å². The number of halogens is 3. The standard InChI is InChI=1S/C12H15F3N2O/c1-8-3-2-4-10(5-8)17-7-9(6-16-17)11(18)12(13,14)15/h6-8,10H,2-5H2,1H3.